The Morgan fingerprint density at radius 2 is 2.24 bits per heavy atom. The van der Waals surface area contributed by atoms with E-state index in [1.54, 1.807) is 0 Å². The molecule has 1 unspecified atom stereocenters. The molecule has 0 spiro atoms. The molecule has 1 aromatic carbocycles. The number of hydrogen-bond donors (Lipinski definition) is 2. The molecule has 1 aromatic rings. The maximum atomic E-state index is 13.7. The minimum absolute atomic E-state index is 0.0353. The molecule has 1 atom stereocenters. The second kappa shape index (κ2) is 6.83. The Morgan fingerprint density at radius 3 is 2.90 bits per heavy atom. The standard InChI is InChI=1S/C14H22FN3O2S/c1-2-18-8-4-5-11(10-18)17-21(19,20)14-7-3-6-13(15)12(14)9-16/h3,6-7,11,17H,2,4-5,8-10,16H2,1H3. The first-order valence-electron chi connectivity index (χ1n) is 7.20. The van der Waals surface area contributed by atoms with Crippen molar-refractivity contribution in [1.82, 2.24) is 9.62 Å². The number of nitrogens with one attached hydrogen (secondary N) is 1. The van der Waals surface area contributed by atoms with Gasteiger partial charge in [0.1, 0.15) is 5.82 Å². The van der Waals surface area contributed by atoms with Crippen molar-refractivity contribution in [2.24, 2.45) is 5.73 Å². The van der Waals surface area contributed by atoms with Gasteiger partial charge in [-0.25, -0.2) is 17.5 Å². The number of halogens is 1. The van der Waals surface area contributed by atoms with Crippen molar-refractivity contribution >= 4 is 10.0 Å². The molecule has 2 rings (SSSR count). The summed E-state index contributed by atoms with van der Waals surface area (Å²) >= 11 is 0. The highest BCUT2D eigenvalue weighted by Gasteiger charge is 2.26. The molecule has 0 bridgehead atoms. The molecule has 3 N–H and O–H groups in total. The quantitative estimate of drug-likeness (QED) is 0.851. The van der Waals surface area contributed by atoms with Crippen LogP contribution in [0.25, 0.3) is 0 Å². The molecule has 5 nitrogen and oxygen atoms in total. The van der Waals surface area contributed by atoms with Gasteiger partial charge in [-0.05, 0) is 38.1 Å². The number of likely N-dealkylation sites (N-methyl/N-ethyl adjacent to an activating group) is 1. The van der Waals surface area contributed by atoms with Gasteiger partial charge in [-0.15, -0.1) is 0 Å². The van der Waals surface area contributed by atoms with Gasteiger partial charge >= 0.3 is 0 Å². The van der Waals surface area contributed by atoms with Gasteiger partial charge in [-0.2, -0.15) is 0 Å². The van der Waals surface area contributed by atoms with Crippen LogP contribution in [-0.4, -0.2) is 39.0 Å². The van der Waals surface area contributed by atoms with Gasteiger partial charge in [0.05, 0.1) is 4.90 Å². The second-order valence-corrected chi connectivity index (χ2v) is 6.96. The first-order chi connectivity index (χ1) is 9.97. The lowest BCUT2D eigenvalue weighted by molar-refractivity contribution is 0.211. The van der Waals surface area contributed by atoms with Gasteiger partial charge in [0.25, 0.3) is 0 Å². The number of nitrogens with two attached hydrogens (primary N) is 1. The zero-order valence-electron chi connectivity index (χ0n) is 12.2. The minimum atomic E-state index is -3.75. The molecular weight excluding hydrogens is 293 g/mol. The van der Waals surface area contributed by atoms with Crippen LogP contribution in [0.2, 0.25) is 0 Å². The maximum absolute atomic E-state index is 13.7. The lowest BCUT2D eigenvalue weighted by Crippen LogP contribution is -2.47. The fourth-order valence-electron chi connectivity index (χ4n) is 2.71. The van der Waals surface area contributed by atoms with Crippen LogP contribution >= 0.6 is 0 Å². The first kappa shape index (κ1) is 16.4. The van der Waals surface area contributed by atoms with E-state index in [4.69, 9.17) is 5.73 Å². The molecule has 0 aromatic heterocycles. The van der Waals surface area contributed by atoms with Gasteiger partial charge in [0.15, 0.2) is 0 Å². The maximum Gasteiger partial charge on any atom is 0.241 e. The smallest absolute Gasteiger partial charge is 0.241 e. The number of benzene rings is 1. The predicted molar refractivity (Wildman–Crippen MR) is 79.7 cm³/mol. The van der Waals surface area contributed by atoms with E-state index in [2.05, 4.69) is 16.5 Å². The van der Waals surface area contributed by atoms with E-state index in [1.807, 2.05) is 0 Å². The van der Waals surface area contributed by atoms with E-state index in [0.29, 0.717) is 6.54 Å². The van der Waals surface area contributed by atoms with Crippen LogP contribution in [0.1, 0.15) is 25.3 Å². The Hall–Kier alpha value is -1.02. The Labute approximate surface area is 125 Å². The van der Waals surface area contributed by atoms with Gasteiger partial charge in [0, 0.05) is 24.7 Å². The van der Waals surface area contributed by atoms with Gasteiger partial charge in [-0.3, -0.25) is 0 Å². The largest absolute Gasteiger partial charge is 0.326 e. The number of sulfonamides is 1. The zero-order valence-corrected chi connectivity index (χ0v) is 13.0. The lowest BCUT2D eigenvalue weighted by Gasteiger charge is -2.32. The van der Waals surface area contributed by atoms with Gasteiger partial charge in [0.2, 0.25) is 10.0 Å². The predicted octanol–water partition coefficient (Wildman–Crippen LogP) is 1.05. The van der Waals surface area contributed by atoms with Crippen LogP contribution in [0.5, 0.6) is 0 Å². The van der Waals surface area contributed by atoms with E-state index < -0.39 is 15.8 Å². The number of piperidine rings is 1. The first-order valence-corrected chi connectivity index (χ1v) is 8.68. The number of hydrogen-bond acceptors (Lipinski definition) is 4. The third-order valence-corrected chi connectivity index (χ3v) is 5.45. The minimum Gasteiger partial charge on any atom is -0.326 e. The number of rotatable bonds is 5. The molecule has 1 aliphatic rings. The summed E-state index contributed by atoms with van der Waals surface area (Å²) in [6.07, 6.45) is 1.75. The highest BCUT2D eigenvalue weighted by Crippen LogP contribution is 2.20. The average molecular weight is 315 g/mol. The summed E-state index contributed by atoms with van der Waals surface area (Å²) in [6, 6.07) is 3.87. The van der Waals surface area contributed by atoms with Crippen LogP contribution in [0.15, 0.2) is 23.1 Å². The topological polar surface area (TPSA) is 75.4 Å². The monoisotopic (exact) mass is 315 g/mol. The molecule has 1 fully saturated rings. The summed E-state index contributed by atoms with van der Waals surface area (Å²) in [4.78, 5) is 2.14. The van der Waals surface area contributed by atoms with E-state index in [1.165, 1.54) is 18.2 Å². The van der Waals surface area contributed by atoms with E-state index >= 15 is 0 Å². The summed E-state index contributed by atoms with van der Waals surface area (Å²) < 4.78 is 41.3. The van der Waals surface area contributed by atoms with E-state index in [0.717, 1.165) is 25.9 Å². The van der Waals surface area contributed by atoms with Crippen LogP contribution in [0, 0.1) is 5.82 Å². The van der Waals surface area contributed by atoms with Crippen molar-refractivity contribution in [1.29, 1.82) is 0 Å². The van der Waals surface area contributed by atoms with Crippen LogP contribution in [0.3, 0.4) is 0 Å². The summed E-state index contributed by atoms with van der Waals surface area (Å²) in [5.74, 6) is -0.584. The Balaban J connectivity index is 2.21. The molecule has 0 radical (unpaired) electrons. The molecule has 0 aliphatic carbocycles. The van der Waals surface area contributed by atoms with Crippen molar-refractivity contribution in [3.05, 3.63) is 29.6 Å². The number of nitrogens with zero attached hydrogens (tertiary/aromatic N) is 1. The molecule has 21 heavy (non-hydrogen) atoms. The third kappa shape index (κ3) is 3.79. The Bertz CT molecular complexity index is 592. The van der Waals surface area contributed by atoms with E-state index in [-0.39, 0.29) is 23.0 Å². The second-order valence-electron chi connectivity index (χ2n) is 5.27. The Kier molecular flexibility index (Phi) is 5.32. The van der Waals surface area contributed by atoms with Gasteiger partial charge in [-0.1, -0.05) is 13.0 Å². The van der Waals surface area contributed by atoms with Crippen LogP contribution in [-0.2, 0) is 16.6 Å². The molecule has 118 valence electrons. The SMILES string of the molecule is CCN1CCCC(NS(=O)(=O)c2cccc(F)c2CN)C1. The van der Waals surface area contributed by atoms with Crippen LogP contribution in [0.4, 0.5) is 4.39 Å². The van der Waals surface area contributed by atoms with Gasteiger partial charge < -0.3 is 10.6 Å². The summed E-state index contributed by atoms with van der Waals surface area (Å²) in [7, 11) is -3.75. The summed E-state index contributed by atoms with van der Waals surface area (Å²) in [5.41, 5.74) is 5.52. The molecule has 1 saturated heterocycles. The lowest BCUT2D eigenvalue weighted by atomic mass is 10.1. The molecular formula is C14H22FN3O2S. The molecule has 1 aliphatic heterocycles. The van der Waals surface area contributed by atoms with Crippen molar-refractivity contribution in [3.8, 4) is 0 Å². The summed E-state index contributed by atoms with van der Waals surface area (Å²) in [6.45, 7) is 4.47. The van der Waals surface area contributed by atoms with Crippen molar-refractivity contribution in [2.75, 3.05) is 19.6 Å². The van der Waals surface area contributed by atoms with Crippen LogP contribution < -0.4 is 10.5 Å². The van der Waals surface area contributed by atoms with E-state index in [9.17, 15) is 12.8 Å². The molecule has 7 heteroatoms. The fourth-order valence-corrected chi connectivity index (χ4v) is 4.23. The number of likely N-dealkylation sites (tertiary alicyclic amines) is 1. The molecule has 0 saturated carbocycles. The van der Waals surface area contributed by atoms with Crippen molar-refractivity contribution in [3.63, 3.8) is 0 Å². The average Bonchev–Trinajstić information content (AvgIpc) is 2.46. The highest BCUT2D eigenvalue weighted by atomic mass is 32.2. The third-order valence-electron chi connectivity index (χ3n) is 3.84. The molecule has 0 amide bonds. The highest BCUT2D eigenvalue weighted by molar-refractivity contribution is 7.89. The Morgan fingerprint density at radius 1 is 1.48 bits per heavy atom. The molecule has 1 heterocycles. The normalized spacial score (nSPS) is 20.6. The fraction of sp³-hybridized carbons (Fsp3) is 0.571. The zero-order chi connectivity index (χ0) is 15.5. The van der Waals surface area contributed by atoms with Crippen molar-refractivity contribution < 1.29 is 12.8 Å². The van der Waals surface area contributed by atoms with Crippen molar-refractivity contribution in [2.45, 2.75) is 37.2 Å². The summed E-state index contributed by atoms with van der Waals surface area (Å²) in [5, 5.41) is 0.